The second-order valence-electron chi connectivity index (χ2n) is 7.28. The highest BCUT2D eigenvalue weighted by molar-refractivity contribution is 7.09. The molecular weight excluding hydrogens is 351 g/mol. The quantitative estimate of drug-likeness (QED) is 0.877. The van der Waals surface area contributed by atoms with Crippen LogP contribution in [0.1, 0.15) is 23.3 Å². The SMILES string of the molecule is O=C(NCc1cccs1)[C@@H]1C[C@]12CCN(C(=O)Cc1ccc(F)cc1)C2. The molecule has 1 aromatic heterocycles. The van der Waals surface area contributed by atoms with Gasteiger partial charge in [-0.15, -0.1) is 11.3 Å². The van der Waals surface area contributed by atoms with Gasteiger partial charge in [-0.3, -0.25) is 9.59 Å². The van der Waals surface area contributed by atoms with Crippen molar-refractivity contribution in [1.82, 2.24) is 10.2 Å². The Morgan fingerprint density at radius 2 is 2.08 bits per heavy atom. The van der Waals surface area contributed by atoms with Gasteiger partial charge in [0.1, 0.15) is 5.82 Å². The summed E-state index contributed by atoms with van der Waals surface area (Å²) in [5, 5.41) is 5.02. The fourth-order valence-corrected chi connectivity index (χ4v) is 4.52. The number of hydrogen-bond donors (Lipinski definition) is 1. The van der Waals surface area contributed by atoms with Crippen molar-refractivity contribution in [1.29, 1.82) is 0 Å². The Balaban J connectivity index is 1.29. The molecule has 6 heteroatoms. The van der Waals surface area contributed by atoms with Crippen LogP contribution in [0, 0.1) is 17.2 Å². The fraction of sp³-hybridized carbons (Fsp3) is 0.400. The van der Waals surface area contributed by atoms with Crippen molar-refractivity contribution in [3.05, 3.63) is 58.0 Å². The molecule has 1 N–H and O–H groups in total. The minimum atomic E-state index is -0.296. The number of carbonyl (C=O) groups excluding carboxylic acids is 2. The van der Waals surface area contributed by atoms with Crippen molar-refractivity contribution < 1.29 is 14.0 Å². The van der Waals surface area contributed by atoms with Crippen molar-refractivity contribution in [2.45, 2.75) is 25.8 Å². The van der Waals surface area contributed by atoms with E-state index in [1.807, 2.05) is 22.4 Å². The largest absolute Gasteiger partial charge is 0.351 e. The molecule has 2 amide bonds. The van der Waals surface area contributed by atoms with Crippen LogP contribution in [0.15, 0.2) is 41.8 Å². The molecule has 1 spiro atoms. The van der Waals surface area contributed by atoms with Crippen LogP contribution in [0.5, 0.6) is 0 Å². The summed E-state index contributed by atoms with van der Waals surface area (Å²) < 4.78 is 13.0. The van der Waals surface area contributed by atoms with Gasteiger partial charge < -0.3 is 10.2 Å². The molecule has 136 valence electrons. The minimum absolute atomic E-state index is 0.0195. The molecule has 2 heterocycles. The van der Waals surface area contributed by atoms with Crippen LogP contribution in [0.25, 0.3) is 0 Å². The van der Waals surface area contributed by atoms with Crippen LogP contribution < -0.4 is 5.32 Å². The normalized spacial score (nSPS) is 24.0. The van der Waals surface area contributed by atoms with Gasteiger partial charge in [-0.1, -0.05) is 18.2 Å². The summed E-state index contributed by atoms with van der Waals surface area (Å²) in [4.78, 5) is 27.9. The summed E-state index contributed by atoms with van der Waals surface area (Å²) in [5.41, 5.74) is 0.788. The smallest absolute Gasteiger partial charge is 0.227 e. The third kappa shape index (κ3) is 3.51. The van der Waals surface area contributed by atoms with Gasteiger partial charge in [-0.25, -0.2) is 4.39 Å². The van der Waals surface area contributed by atoms with E-state index in [-0.39, 0.29) is 35.4 Å². The fourth-order valence-electron chi connectivity index (χ4n) is 3.88. The molecule has 1 aromatic carbocycles. The van der Waals surface area contributed by atoms with Gasteiger partial charge in [0, 0.05) is 29.3 Å². The Kier molecular flexibility index (Phi) is 4.53. The van der Waals surface area contributed by atoms with E-state index in [1.165, 1.54) is 12.1 Å². The van der Waals surface area contributed by atoms with Crippen LogP contribution in [-0.2, 0) is 22.6 Å². The maximum Gasteiger partial charge on any atom is 0.227 e. The molecule has 2 aliphatic rings. The van der Waals surface area contributed by atoms with Crippen LogP contribution in [0.2, 0.25) is 0 Å². The molecular formula is C20H21FN2O2S. The molecule has 4 nitrogen and oxygen atoms in total. The van der Waals surface area contributed by atoms with E-state index in [9.17, 15) is 14.0 Å². The molecule has 0 radical (unpaired) electrons. The first kappa shape index (κ1) is 17.2. The summed E-state index contributed by atoms with van der Waals surface area (Å²) in [6.07, 6.45) is 2.04. The third-order valence-electron chi connectivity index (χ3n) is 5.53. The lowest BCUT2D eigenvalue weighted by Gasteiger charge is -2.17. The van der Waals surface area contributed by atoms with E-state index >= 15 is 0 Å². The van der Waals surface area contributed by atoms with Crippen molar-refractivity contribution in [2.24, 2.45) is 11.3 Å². The second-order valence-corrected chi connectivity index (χ2v) is 8.32. The van der Waals surface area contributed by atoms with Crippen molar-refractivity contribution in [3.63, 3.8) is 0 Å². The number of carbonyl (C=O) groups is 2. The molecule has 1 aliphatic carbocycles. The molecule has 26 heavy (non-hydrogen) atoms. The summed E-state index contributed by atoms with van der Waals surface area (Å²) in [6.45, 7) is 1.94. The summed E-state index contributed by atoms with van der Waals surface area (Å²) in [6, 6.07) is 10.0. The molecule has 2 fully saturated rings. The zero-order valence-electron chi connectivity index (χ0n) is 14.4. The number of benzene rings is 1. The Hall–Kier alpha value is -2.21. The van der Waals surface area contributed by atoms with Gasteiger partial charge in [0.15, 0.2) is 0 Å². The molecule has 1 aliphatic heterocycles. The highest BCUT2D eigenvalue weighted by Gasteiger charge is 2.61. The molecule has 2 aromatic rings. The first-order valence-corrected chi connectivity index (χ1v) is 9.76. The topological polar surface area (TPSA) is 49.4 Å². The molecule has 1 saturated carbocycles. The first-order valence-electron chi connectivity index (χ1n) is 8.88. The van der Waals surface area contributed by atoms with E-state index in [1.54, 1.807) is 23.5 Å². The minimum Gasteiger partial charge on any atom is -0.351 e. The van der Waals surface area contributed by atoms with Gasteiger partial charge in [-0.2, -0.15) is 0 Å². The summed E-state index contributed by atoms with van der Waals surface area (Å²) >= 11 is 1.64. The highest BCUT2D eigenvalue weighted by atomic mass is 32.1. The maximum atomic E-state index is 13.0. The third-order valence-corrected chi connectivity index (χ3v) is 6.41. The Morgan fingerprint density at radius 3 is 2.81 bits per heavy atom. The van der Waals surface area contributed by atoms with Gasteiger partial charge in [0.05, 0.1) is 13.0 Å². The lowest BCUT2D eigenvalue weighted by molar-refractivity contribution is -0.130. The maximum absolute atomic E-state index is 13.0. The first-order chi connectivity index (χ1) is 12.6. The lowest BCUT2D eigenvalue weighted by atomic mass is 10.0. The predicted octanol–water partition coefficient (Wildman–Crippen LogP) is 2.98. The average Bonchev–Trinajstić information content (AvgIpc) is 2.99. The number of rotatable bonds is 5. The van der Waals surface area contributed by atoms with Gasteiger partial charge >= 0.3 is 0 Å². The van der Waals surface area contributed by atoms with Crippen molar-refractivity contribution >= 4 is 23.2 Å². The summed E-state index contributed by atoms with van der Waals surface area (Å²) in [5.74, 6) is -0.119. The van der Waals surface area contributed by atoms with Crippen LogP contribution in [0.4, 0.5) is 4.39 Å². The van der Waals surface area contributed by atoms with Crippen molar-refractivity contribution in [2.75, 3.05) is 13.1 Å². The number of hydrogen-bond acceptors (Lipinski definition) is 3. The zero-order chi connectivity index (χ0) is 18.1. The second kappa shape index (κ2) is 6.83. The van der Waals surface area contributed by atoms with E-state index in [0.717, 1.165) is 23.3 Å². The number of nitrogens with one attached hydrogen (secondary N) is 1. The Labute approximate surface area is 156 Å². The summed E-state index contributed by atoms with van der Waals surface area (Å²) in [7, 11) is 0. The van der Waals surface area contributed by atoms with E-state index in [0.29, 0.717) is 19.6 Å². The number of halogens is 1. The lowest BCUT2D eigenvalue weighted by Crippen LogP contribution is -2.32. The van der Waals surface area contributed by atoms with Gasteiger partial charge in [0.2, 0.25) is 11.8 Å². The monoisotopic (exact) mass is 372 g/mol. The van der Waals surface area contributed by atoms with Crippen LogP contribution in [0.3, 0.4) is 0 Å². The van der Waals surface area contributed by atoms with Crippen LogP contribution >= 0.6 is 11.3 Å². The Bertz CT molecular complexity index is 806. The molecule has 2 atom stereocenters. The van der Waals surface area contributed by atoms with Gasteiger partial charge in [-0.05, 0) is 42.0 Å². The van der Waals surface area contributed by atoms with Crippen LogP contribution in [-0.4, -0.2) is 29.8 Å². The van der Waals surface area contributed by atoms with E-state index in [2.05, 4.69) is 5.32 Å². The zero-order valence-corrected chi connectivity index (χ0v) is 15.2. The number of nitrogens with zero attached hydrogens (tertiary/aromatic N) is 1. The highest BCUT2D eigenvalue weighted by Crippen LogP contribution is 2.58. The standard InChI is InChI=1S/C20H21FN2O2S/c21-15-5-3-14(4-6-15)10-18(24)23-8-7-20(13-23)11-17(20)19(25)22-12-16-2-1-9-26-16/h1-6,9,17H,7-8,10-13H2,(H,22,25)/t17-,20-/m0/s1. The molecule has 1 saturated heterocycles. The Morgan fingerprint density at radius 1 is 1.27 bits per heavy atom. The average molecular weight is 372 g/mol. The number of thiophene rings is 1. The van der Waals surface area contributed by atoms with Gasteiger partial charge in [0.25, 0.3) is 0 Å². The van der Waals surface area contributed by atoms with E-state index in [4.69, 9.17) is 0 Å². The molecule has 4 rings (SSSR count). The van der Waals surface area contributed by atoms with Crippen molar-refractivity contribution in [3.8, 4) is 0 Å². The molecule has 0 unspecified atom stereocenters. The number of likely N-dealkylation sites (tertiary alicyclic amines) is 1. The van der Waals surface area contributed by atoms with E-state index < -0.39 is 0 Å². The number of amides is 2. The predicted molar refractivity (Wildman–Crippen MR) is 98.0 cm³/mol. The molecule has 0 bridgehead atoms.